The minimum Gasteiger partial charge on any atom is -0.507 e. The second kappa shape index (κ2) is 6.96. The van der Waals surface area contributed by atoms with Gasteiger partial charge in [0.2, 0.25) is 0 Å². The van der Waals surface area contributed by atoms with Gasteiger partial charge in [0.15, 0.2) is 0 Å². The minimum atomic E-state index is -1.16. The lowest BCUT2D eigenvalue weighted by Crippen LogP contribution is -2.11. The van der Waals surface area contributed by atoms with Gasteiger partial charge in [-0.1, -0.05) is 24.3 Å². The van der Waals surface area contributed by atoms with Gasteiger partial charge in [-0.2, -0.15) is 0 Å². The predicted molar refractivity (Wildman–Crippen MR) is 103 cm³/mol. The Bertz CT molecular complexity index is 979. The maximum Gasteiger partial charge on any atom is 0.339 e. The highest BCUT2D eigenvalue weighted by atomic mass is 16.5. The predicted octanol–water partition coefficient (Wildman–Crippen LogP) is 3.91. The molecule has 0 radical (unpaired) electrons. The van der Waals surface area contributed by atoms with Gasteiger partial charge in [-0.15, -0.1) is 0 Å². The standard InChI is InChI=1S/C21H21NO4/c1-22(2)19-7-5-4-6-13(19)11-17-16-9-8-15(26-3)10-14(16)12-18(20(17)23)21(24)25/h4-10,12,23H,11H2,1-3H3,(H,24,25). The van der Waals surface area contributed by atoms with Crippen molar-refractivity contribution in [2.45, 2.75) is 6.42 Å². The summed E-state index contributed by atoms with van der Waals surface area (Å²) in [6.45, 7) is 0. The molecule has 0 heterocycles. The second-order valence-electron chi connectivity index (χ2n) is 6.34. The number of ether oxygens (including phenoxy) is 1. The van der Waals surface area contributed by atoms with Crippen LogP contribution in [-0.4, -0.2) is 37.4 Å². The van der Waals surface area contributed by atoms with Crippen molar-refractivity contribution >= 4 is 22.4 Å². The lowest BCUT2D eigenvalue weighted by Gasteiger charge is -2.19. The number of anilines is 1. The number of hydrogen-bond acceptors (Lipinski definition) is 4. The Morgan fingerprint density at radius 3 is 2.50 bits per heavy atom. The number of rotatable bonds is 5. The maximum atomic E-state index is 11.6. The number of aromatic hydroxyl groups is 1. The SMILES string of the molecule is COc1ccc2c(Cc3ccccc3N(C)C)c(O)c(C(=O)O)cc2c1. The number of hydrogen-bond donors (Lipinski definition) is 2. The zero-order valence-corrected chi connectivity index (χ0v) is 15.0. The molecule has 0 fully saturated rings. The van der Waals surface area contributed by atoms with Crippen LogP contribution in [0.1, 0.15) is 21.5 Å². The third-order valence-corrected chi connectivity index (χ3v) is 4.50. The Hall–Kier alpha value is -3.21. The average Bonchev–Trinajstić information content (AvgIpc) is 2.63. The Kier molecular flexibility index (Phi) is 4.71. The van der Waals surface area contributed by atoms with Crippen LogP contribution in [-0.2, 0) is 6.42 Å². The molecule has 3 aromatic rings. The Morgan fingerprint density at radius 1 is 1.12 bits per heavy atom. The fraction of sp³-hybridized carbons (Fsp3) is 0.190. The van der Waals surface area contributed by atoms with Crippen molar-refractivity contribution in [3.8, 4) is 11.5 Å². The molecule has 134 valence electrons. The summed E-state index contributed by atoms with van der Waals surface area (Å²) in [5.41, 5.74) is 2.52. The van der Waals surface area contributed by atoms with E-state index in [1.54, 1.807) is 13.2 Å². The fourth-order valence-corrected chi connectivity index (χ4v) is 3.21. The zero-order valence-electron chi connectivity index (χ0n) is 15.0. The van der Waals surface area contributed by atoms with Crippen molar-refractivity contribution in [3.05, 3.63) is 65.2 Å². The molecule has 3 rings (SSSR count). The number of para-hydroxylation sites is 1. The van der Waals surface area contributed by atoms with Gasteiger partial charge in [0, 0.05) is 31.8 Å². The smallest absolute Gasteiger partial charge is 0.339 e. The van der Waals surface area contributed by atoms with E-state index < -0.39 is 5.97 Å². The van der Waals surface area contributed by atoms with Crippen molar-refractivity contribution in [2.75, 3.05) is 26.1 Å². The van der Waals surface area contributed by atoms with Crippen molar-refractivity contribution in [2.24, 2.45) is 0 Å². The van der Waals surface area contributed by atoms with Gasteiger partial charge in [-0.25, -0.2) is 4.79 Å². The van der Waals surface area contributed by atoms with Crippen molar-refractivity contribution < 1.29 is 19.7 Å². The van der Waals surface area contributed by atoms with Gasteiger partial charge < -0.3 is 19.8 Å². The summed E-state index contributed by atoms with van der Waals surface area (Å²) in [4.78, 5) is 13.6. The number of fused-ring (bicyclic) bond motifs is 1. The number of carboxylic acid groups (broad SMARTS) is 1. The first-order valence-corrected chi connectivity index (χ1v) is 8.23. The van der Waals surface area contributed by atoms with E-state index in [2.05, 4.69) is 0 Å². The Morgan fingerprint density at radius 2 is 1.85 bits per heavy atom. The van der Waals surface area contributed by atoms with Crippen LogP contribution in [0.4, 0.5) is 5.69 Å². The summed E-state index contributed by atoms with van der Waals surface area (Å²) in [5.74, 6) is -0.711. The second-order valence-corrected chi connectivity index (χ2v) is 6.34. The Labute approximate surface area is 152 Å². The maximum absolute atomic E-state index is 11.6. The molecule has 5 nitrogen and oxygen atoms in total. The van der Waals surface area contributed by atoms with Crippen LogP contribution in [0.2, 0.25) is 0 Å². The normalized spacial score (nSPS) is 10.7. The van der Waals surface area contributed by atoms with E-state index in [0.29, 0.717) is 17.7 Å². The molecule has 0 bridgehead atoms. The monoisotopic (exact) mass is 351 g/mol. The summed E-state index contributed by atoms with van der Waals surface area (Å²) in [7, 11) is 5.47. The van der Waals surface area contributed by atoms with E-state index in [1.807, 2.05) is 55.4 Å². The molecule has 0 aromatic heterocycles. The molecule has 0 atom stereocenters. The first kappa shape index (κ1) is 17.6. The molecule has 0 aliphatic rings. The highest BCUT2D eigenvalue weighted by Crippen LogP contribution is 2.36. The van der Waals surface area contributed by atoms with Gasteiger partial charge in [0.05, 0.1) is 7.11 Å². The largest absolute Gasteiger partial charge is 0.507 e. The van der Waals surface area contributed by atoms with Crippen LogP contribution in [0.25, 0.3) is 10.8 Å². The molecule has 0 amide bonds. The molecule has 5 heteroatoms. The zero-order chi connectivity index (χ0) is 18.8. The van der Waals surface area contributed by atoms with Crippen LogP contribution in [0.3, 0.4) is 0 Å². The summed E-state index contributed by atoms with van der Waals surface area (Å²) in [6, 6.07) is 14.8. The molecule has 0 spiro atoms. The molecule has 2 N–H and O–H groups in total. The van der Waals surface area contributed by atoms with Gasteiger partial charge in [-0.05, 0) is 40.6 Å². The van der Waals surface area contributed by atoms with Crippen LogP contribution in [0.15, 0.2) is 48.5 Å². The summed E-state index contributed by atoms with van der Waals surface area (Å²) < 4.78 is 5.25. The lowest BCUT2D eigenvalue weighted by atomic mass is 9.93. The highest BCUT2D eigenvalue weighted by Gasteiger charge is 2.19. The van der Waals surface area contributed by atoms with E-state index in [1.165, 1.54) is 6.07 Å². The van der Waals surface area contributed by atoms with Crippen LogP contribution in [0, 0.1) is 0 Å². The van der Waals surface area contributed by atoms with Crippen LogP contribution < -0.4 is 9.64 Å². The molecule has 0 aliphatic heterocycles. The van der Waals surface area contributed by atoms with Gasteiger partial charge in [0.25, 0.3) is 0 Å². The van der Waals surface area contributed by atoms with E-state index >= 15 is 0 Å². The van der Waals surface area contributed by atoms with Crippen LogP contribution in [0.5, 0.6) is 11.5 Å². The molecular formula is C21H21NO4. The van der Waals surface area contributed by atoms with Crippen molar-refractivity contribution in [1.29, 1.82) is 0 Å². The first-order valence-electron chi connectivity index (χ1n) is 8.23. The van der Waals surface area contributed by atoms with Gasteiger partial charge >= 0.3 is 5.97 Å². The van der Waals surface area contributed by atoms with E-state index in [4.69, 9.17) is 4.74 Å². The minimum absolute atomic E-state index is 0.108. The van der Waals surface area contributed by atoms with E-state index in [-0.39, 0.29) is 11.3 Å². The number of carbonyl (C=O) groups is 1. The summed E-state index contributed by atoms with van der Waals surface area (Å²) in [6.07, 6.45) is 0.421. The number of methoxy groups -OCH3 is 1. The molecule has 0 saturated carbocycles. The van der Waals surface area contributed by atoms with Crippen molar-refractivity contribution in [1.82, 2.24) is 0 Å². The number of carboxylic acids is 1. The van der Waals surface area contributed by atoms with Crippen LogP contribution >= 0.6 is 0 Å². The van der Waals surface area contributed by atoms with Gasteiger partial charge in [-0.3, -0.25) is 0 Å². The number of benzene rings is 3. The molecule has 0 unspecified atom stereocenters. The fourth-order valence-electron chi connectivity index (χ4n) is 3.21. The average molecular weight is 351 g/mol. The summed E-state index contributed by atoms with van der Waals surface area (Å²) in [5, 5.41) is 21.7. The van der Waals surface area contributed by atoms with E-state index in [0.717, 1.165) is 22.0 Å². The highest BCUT2D eigenvalue weighted by molar-refractivity contribution is 6.00. The topological polar surface area (TPSA) is 70.0 Å². The molecule has 0 aliphatic carbocycles. The molecule has 0 saturated heterocycles. The Balaban J connectivity index is 2.24. The number of nitrogens with zero attached hydrogens (tertiary/aromatic N) is 1. The molecule has 26 heavy (non-hydrogen) atoms. The lowest BCUT2D eigenvalue weighted by molar-refractivity contribution is 0.0693. The van der Waals surface area contributed by atoms with Crippen molar-refractivity contribution in [3.63, 3.8) is 0 Å². The van der Waals surface area contributed by atoms with E-state index in [9.17, 15) is 15.0 Å². The number of phenols is 1. The quantitative estimate of drug-likeness (QED) is 0.729. The number of aromatic carboxylic acids is 1. The third-order valence-electron chi connectivity index (χ3n) is 4.50. The third kappa shape index (κ3) is 3.16. The molecular weight excluding hydrogens is 330 g/mol. The first-order chi connectivity index (χ1) is 12.4. The molecule has 3 aromatic carbocycles. The van der Waals surface area contributed by atoms with Gasteiger partial charge in [0.1, 0.15) is 17.1 Å². The summed E-state index contributed by atoms with van der Waals surface area (Å²) >= 11 is 0.